The number of fused-ring (bicyclic) bond motifs is 1. The molecule has 0 spiro atoms. The number of hydrogen-bond donors (Lipinski definition) is 1. The third kappa shape index (κ3) is 2.93. The van der Waals surface area contributed by atoms with Crippen molar-refractivity contribution in [3.8, 4) is 0 Å². The highest BCUT2D eigenvalue weighted by Crippen LogP contribution is 2.23. The molecular formula is C10H13ClN2O2S. The number of hydrogen-bond acceptors (Lipinski definition) is 4. The van der Waals surface area contributed by atoms with Crippen molar-refractivity contribution in [2.24, 2.45) is 0 Å². The summed E-state index contributed by atoms with van der Waals surface area (Å²) >= 11 is 7.05. The lowest BCUT2D eigenvalue weighted by molar-refractivity contribution is -0.118. The maximum absolute atomic E-state index is 10.9. The number of nitrogens with one attached hydrogen (secondary N) is 1. The van der Waals surface area contributed by atoms with Crippen LogP contribution >= 0.6 is 22.9 Å². The van der Waals surface area contributed by atoms with Crippen molar-refractivity contribution in [3.05, 3.63) is 15.6 Å². The molecule has 0 saturated heterocycles. The Kier molecular flexibility index (Phi) is 4.15. The van der Waals surface area contributed by atoms with E-state index in [1.54, 1.807) is 11.3 Å². The van der Waals surface area contributed by atoms with Gasteiger partial charge in [0.1, 0.15) is 5.88 Å². The van der Waals surface area contributed by atoms with Gasteiger partial charge in [-0.15, -0.1) is 22.9 Å². The molecule has 1 aliphatic rings. The van der Waals surface area contributed by atoms with Crippen molar-refractivity contribution in [2.45, 2.75) is 19.4 Å². The van der Waals surface area contributed by atoms with E-state index in [1.807, 2.05) is 0 Å². The van der Waals surface area contributed by atoms with Gasteiger partial charge in [0, 0.05) is 19.4 Å². The molecule has 6 heteroatoms. The topological polar surface area (TPSA) is 51.2 Å². The van der Waals surface area contributed by atoms with E-state index >= 15 is 0 Å². The van der Waals surface area contributed by atoms with Crippen LogP contribution < -0.4 is 5.32 Å². The second-order valence-electron chi connectivity index (χ2n) is 3.51. The lowest BCUT2D eigenvalue weighted by Crippen LogP contribution is -2.26. The zero-order chi connectivity index (χ0) is 11.4. The van der Waals surface area contributed by atoms with Gasteiger partial charge in [-0.25, -0.2) is 4.98 Å². The summed E-state index contributed by atoms with van der Waals surface area (Å²) < 4.78 is 5.35. The number of ether oxygens (including phenoxy) is 1. The molecule has 1 aliphatic heterocycles. The molecule has 0 unspecified atom stereocenters. The SMILES string of the molecule is O=C(CCl)NCCc1nc2c(s1)COCC2. The fourth-order valence-electron chi connectivity index (χ4n) is 1.54. The molecular weight excluding hydrogens is 248 g/mol. The summed E-state index contributed by atoms with van der Waals surface area (Å²) in [6.45, 7) is 2.04. The van der Waals surface area contributed by atoms with Crippen LogP contribution in [0.15, 0.2) is 0 Å². The third-order valence-corrected chi connectivity index (χ3v) is 3.69. The van der Waals surface area contributed by atoms with E-state index in [0.717, 1.165) is 30.2 Å². The van der Waals surface area contributed by atoms with Gasteiger partial charge in [0.15, 0.2) is 0 Å². The molecule has 0 radical (unpaired) electrons. The second kappa shape index (κ2) is 5.61. The molecule has 0 atom stereocenters. The molecule has 0 aliphatic carbocycles. The number of carbonyl (C=O) groups is 1. The molecule has 0 fully saturated rings. The van der Waals surface area contributed by atoms with Crippen molar-refractivity contribution in [3.63, 3.8) is 0 Å². The predicted molar refractivity (Wildman–Crippen MR) is 62.9 cm³/mol. The maximum Gasteiger partial charge on any atom is 0.234 e. The Morgan fingerprint density at radius 3 is 3.25 bits per heavy atom. The monoisotopic (exact) mass is 260 g/mol. The summed E-state index contributed by atoms with van der Waals surface area (Å²) in [5.74, 6) is -0.117. The van der Waals surface area contributed by atoms with Crippen molar-refractivity contribution < 1.29 is 9.53 Å². The molecule has 88 valence electrons. The summed E-state index contributed by atoms with van der Waals surface area (Å²) in [5.41, 5.74) is 1.16. The first-order chi connectivity index (χ1) is 7.79. The summed E-state index contributed by atoms with van der Waals surface area (Å²) in [6, 6.07) is 0. The van der Waals surface area contributed by atoms with Crippen LogP contribution in [0.25, 0.3) is 0 Å². The number of nitrogens with zero attached hydrogens (tertiary/aromatic N) is 1. The van der Waals surface area contributed by atoms with Crippen molar-refractivity contribution >= 4 is 28.8 Å². The summed E-state index contributed by atoms with van der Waals surface area (Å²) in [7, 11) is 0. The van der Waals surface area contributed by atoms with Crippen LogP contribution in [0.5, 0.6) is 0 Å². The molecule has 16 heavy (non-hydrogen) atoms. The average molecular weight is 261 g/mol. The maximum atomic E-state index is 10.9. The van der Waals surface area contributed by atoms with E-state index in [4.69, 9.17) is 16.3 Å². The van der Waals surface area contributed by atoms with Crippen LogP contribution in [0.3, 0.4) is 0 Å². The number of halogens is 1. The minimum atomic E-state index is -0.133. The Morgan fingerprint density at radius 2 is 2.50 bits per heavy atom. The lowest BCUT2D eigenvalue weighted by atomic mass is 10.2. The van der Waals surface area contributed by atoms with Gasteiger partial charge >= 0.3 is 0 Å². The molecule has 2 rings (SSSR count). The van der Waals surface area contributed by atoms with E-state index in [0.29, 0.717) is 13.2 Å². The van der Waals surface area contributed by atoms with Crippen LogP contribution in [0.4, 0.5) is 0 Å². The Labute approximate surface area is 103 Å². The summed E-state index contributed by atoms with van der Waals surface area (Å²) in [6.07, 6.45) is 1.67. The molecule has 2 heterocycles. The van der Waals surface area contributed by atoms with Gasteiger partial charge in [0.05, 0.1) is 28.8 Å². The van der Waals surface area contributed by atoms with Gasteiger partial charge in [0.25, 0.3) is 0 Å². The molecule has 1 amide bonds. The molecule has 0 saturated carbocycles. The zero-order valence-corrected chi connectivity index (χ0v) is 10.4. The first-order valence-electron chi connectivity index (χ1n) is 5.17. The van der Waals surface area contributed by atoms with Crippen molar-refractivity contribution in [2.75, 3.05) is 19.0 Å². The number of rotatable bonds is 4. The van der Waals surface area contributed by atoms with Gasteiger partial charge in [0.2, 0.25) is 5.91 Å². The Morgan fingerprint density at radius 1 is 1.62 bits per heavy atom. The highest BCUT2D eigenvalue weighted by Gasteiger charge is 2.15. The minimum absolute atomic E-state index is 0.0161. The molecule has 0 bridgehead atoms. The van der Waals surface area contributed by atoms with Crippen molar-refractivity contribution in [1.29, 1.82) is 0 Å². The van der Waals surface area contributed by atoms with Crippen LogP contribution in [0, 0.1) is 0 Å². The normalized spacial score (nSPS) is 14.6. The second-order valence-corrected chi connectivity index (χ2v) is 4.95. The summed E-state index contributed by atoms with van der Waals surface area (Å²) in [4.78, 5) is 16.7. The zero-order valence-electron chi connectivity index (χ0n) is 8.79. The highest BCUT2D eigenvalue weighted by molar-refractivity contribution is 7.11. The van der Waals surface area contributed by atoms with Gasteiger partial charge in [-0.1, -0.05) is 0 Å². The van der Waals surface area contributed by atoms with Crippen LogP contribution in [-0.4, -0.2) is 29.9 Å². The van der Waals surface area contributed by atoms with Crippen molar-refractivity contribution in [1.82, 2.24) is 10.3 Å². The number of thiazole rings is 1. The lowest BCUT2D eigenvalue weighted by Gasteiger charge is -2.08. The molecule has 1 aromatic rings. The number of amides is 1. The first kappa shape index (κ1) is 11.8. The van der Waals surface area contributed by atoms with Crippen LogP contribution in [0.1, 0.15) is 15.6 Å². The van der Waals surface area contributed by atoms with E-state index in [1.165, 1.54) is 4.88 Å². The van der Waals surface area contributed by atoms with Gasteiger partial charge in [-0.05, 0) is 0 Å². The molecule has 4 nitrogen and oxygen atoms in total. The van der Waals surface area contributed by atoms with E-state index in [-0.39, 0.29) is 11.8 Å². The largest absolute Gasteiger partial charge is 0.375 e. The summed E-state index contributed by atoms with van der Waals surface area (Å²) in [5, 5.41) is 3.79. The molecule has 0 aromatic carbocycles. The number of carbonyl (C=O) groups excluding carboxylic acids is 1. The van der Waals surface area contributed by atoms with Crippen LogP contribution in [0.2, 0.25) is 0 Å². The molecule has 1 aromatic heterocycles. The van der Waals surface area contributed by atoms with E-state index < -0.39 is 0 Å². The van der Waals surface area contributed by atoms with Crippen LogP contribution in [-0.2, 0) is 29.0 Å². The van der Waals surface area contributed by atoms with E-state index in [2.05, 4.69) is 10.3 Å². The minimum Gasteiger partial charge on any atom is -0.375 e. The fraction of sp³-hybridized carbons (Fsp3) is 0.600. The average Bonchev–Trinajstić information content (AvgIpc) is 2.71. The van der Waals surface area contributed by atoms with Gasteiger partial charge < -0.3 is 10.1 Å². The third-order valence-electron chi connectivity index (χ3n) is 2.32. The number of alkyl halides is 1. The van der Waals surface area contributed by atoms with Gasteiger partial charge in [-0.2, -0.15) is 0 Å². The van der Waals surface area contributed by atoms with E-state index in [9.17, 15) is 4.79 Å². The molecule has 1 N–H and O–H groups in total. The quantitative estimate of drug-likeness (QED) is 0.826. The smallest absolute Gasteiger partial charge is 0.234 e. The Balaban J connectivity index is 1.85. The highest BCUT2D eigenvalue weighted by atomic mass is 35.5. The Bertz CT molecular complexity index is 357. The first-order valence-corrected chi connectivity index (χ1v) is 6.52. The fourth-order valence-corrected chi connectivity index (χ4v) is 2.69. The predicted octanol–water partition coefficient (Wildman–Crippen LogP) is 1.11. The Hall–Kier alpha value is -0.650. The standard InChI is InChI=1S/C10H13ClN2O2S/c11-5-9(14)12-3-1-10-13-7-2-4-15-6-8(7)16-10/h1-6H2,(H,12,14). The van der Waals surface area contributed by atoms with Gasteiger partial charge in [-0.3, -0.25) is 4.79 Å². The number of aromatic nitrogens is 1.